The highest BCUT2D eigenvalue weighted by Gasteiger charge is 2.18. The largest absolute Gasteiger partial charge is 0.240 e. The number of sulfonamides is 1. The van der Waals surface area contributed by atoms with E-state index in [4.69, 9.17) is 11.6 Å². The van der Waals surface area contributed by atoms with Gasteiger partial charge in [0.05, 0.1) is 9.92 Å². The summed E-state index contributed by atoms with van der Waals surface area (Å²) in [5.74, 6) is 0. The van der Waals surface area contributed by atoms with Crippen molar-refractivity contribution in [1.29, 1.82) is 0 Å². The van der Waals surface area contributed by atoms with Crippen LogP contribution in [0, 0.1) is 0 Å². The van der Waals surface area contributed by atoms with Gasteiger partial charge in [-0.1, -0.05) is 17.7 Å². The summed E-state index contributed by atoms with van der Waals surface area (Å²) in [4.78, 5) is 1.35. The van der Waals surface area contributed by atoms with Crippen molar-refractivity contribution < 1.29 is 8.42 Å². The molecule has 1 N–H and O–H groups in total. The van der Waals surface area contributed by atoms with E-state index < -0.39 is 10.0 Å². The fourth-order valence-electron chi connectivity index (χ4n) is 1.75. The lowest BCUT2D eigenvalue weighted by atomic mass is 10.2. The number of hydrogen-bond donors (Lipinski definition) is 1. The van der Waals surface area contributed by atoms with Crippen molar-refractivity contribution in [1.82, 2.24) is 4.72 Å². The Labute approximate surface area is 136 Å². The van der Waals surface area contributed by atoms with Crippen LogP contribution in [0.15, 0.2) is 45.1 Å². The molecule has 1 aromatic carbocycles. The van der Waals surface area contributed by atoms with Gasteiger partial charge >= 0.3 is 0 Å². The summed E-state index contributed by atoms with van der Waals surface area (Å²) in [6, 6.07) is 8.33. The third kappa shape index (κ3) is 4.05. The second-order valence-electron chi connectivity index (χ2n) is 4.38. The Morgan fingerprint density at radius 2 is 2.15 bits per heavy atom. The van der Waals surface area contributed by atoms with Crippen molar-refractivity contribution in [2.24, 2.45) is 0 Å². The predicted molar refractivity (Wildman–Crippen MR) is 87.0 cm³/mol. The normalized spacial score (nSPS) is 13.3. The molecule has 0 spiro atoms. The second kappa shape index (κ2) is 6.58. The minimum absolute atomic E-state index is 0.173. The van der Waals surface area contributed by atoms with Crippen LogP contribution in [0.2, 0.25) is 5.02 Å². The Morgan fingerprint density at radius 1 is 1.40 bits per heavy atom. The fraction of sp³-hybridized carbons (Fsp3) is 0.231. The van der Waals surface area contributed by atoms with E-state index in [9.17, 15) is 8.42 Å². The molecule has 0 aliphatic rings. The van der Waals surface area contributed by atoms with Crippen LogP contribution in [0.25, 0.3) is 0 Å². The Kier molecular flexibility index (Phi) is 5.25. The van der Waals surface area contributed by atoms with Crippen molar-refractivity contribution >= 4 is 48.9 Å². The third-order valence-electron chi connectivity index (χ3n) is 2.65. The molecule has 1 unspecified atom stereocenters. The average Bonchev–Trinajstić information content (AvgIpc) is 2.84. The monoisotopic (exact) mass is 393 g/mol. The minimum atomic E-state index is -3.54. The Balaban J connectivity index is 2.12. The highest BCUT2D eigenvalue weighted by Crippen LogP contribution is 2.25. The smallest absolute Gasteiger partial charge is 0.208 e. The van der Waals surface area contributed by atoms with Gasteiger partial charge in [0.2, 0.25) is 10.0 Å². The first-order valence-corrected chi connectivity index (χ1v) is 9.41. The number of hydrogen-bond acceptors (Lipinski definition) is 3. The molecule has 2 rings (SSSR count). The first-order chi connectivity index (χ1) is 9.38. The summed E-state index contributed by atoms with van der Waals surface area (Å²) in [5.41, 5.74) is 0. The standard InChI is InChI=1S/C13H13BrClNO2S2/c1-9(7-10-3-2-6-19-10)16-20(17,18)11-4-5-13(15)12(14)8-11/h2-6,8-9,16H,7H2,1H3. The molecule has 20 heavy (non-hydrogen) atoms. The topological polar surface area (TPSA) is 46.2 Å². The summed E-state index contributed by atoms with van der Waals surface area (Å²) >= 11 is 10.7. The third-order valence-corrected chi connectivity index (χ3v) is 6.35. The van der Waals surface area contributed by atoms with Crippen LogP contribution in [-0.4, -0.2) is 14.5 Å². The lowest BCUT2D eigenvalue weighted by Crippen LogP contribution is -2.33. The van der Waals surface area contributed by atoms with Crippen LogP contribution >= 0.6 is 38.9 Å². The van der Waals surface area contributed by atoms with E-state index in [2.05, 4.69) is 20.7 Å². The second-order valence-corrected chi connectivity index (χ2v) is 8.39. The molecular formula is C13H13BrClNO2S2. The highest BCUT2D eigenvalue weighted by atomic mass is 79.9. The van der Waals surface area contributed by atoms with Gasteiger partial charge < -0.3 is 0 Å². The molecule has 0 aliphatic heterocycles. The predicted octanol–water partition coefficient (Wildman–Crippen LogP) is 4.07. The maximum atomic E-state index is 12.3. The molecule has 1 atom stereocenters. The molecule has 1 aromatic heterocycles. The van der Waals surface area contributed by atoms with E-state index in [1.54, 1.807) is 17.4 Å². The van der Waals surface area contributed by atoms with Crippen molar-refractivity contribution in [3.05, 3.63) is 50.1 Å². The first-order valence-electron chi connectivity index (χ1n) is 5.88. The number of nitrogens with one attached hydrogen (secondary N) is 1. The molecule has 0 bridgehead atoms. The van der Waals surface area contributed by atoms with E-state index in [1.165, 1.54) is 12.1 Å². The highest BCUT2D eigenvalue weighted by molar-refractivity contribution is 9.10. The van der Waals surface area contributed by atoms with E-state index >= 15 is 0 Å². The lowest BCUT2D eigenvalue weighted by molar-refractivity contribution is 0.560. The van der Waals surface area contributed by atoms with Crippen LogP contribution in [0.1, 0.15) is 11.8 Å². The molecular weight excluding hydrogens is 382 g/mol. The molecule has 0 saturated heterocycles. The van der Waals surface area contributed by atoms with E-state index in [1.807, 2.05) is 24.4 Å². The fourth-order valence-corrected chi connectivity index (χ4v) is 4.50. The molecule has 0 aliphatic carbocycles. The molecule has 0 saturated carbocycles. The molecule has 0 radical (unpaired) electrons. The van der Waals surface area contributed by atoms with E-state index in [-0.39, 0.29) is 10.9 Å². The van der Waals surface area contributed by atoms with Crippen LogP contribution in [-0.2, 0) is 16.4 Å². The summed E-state index contributed by atoms with van der Waals surface area (Å²) in [6.07, 6.45) is 0.672. The van der Waals surface area contributed by atoms with Crippen LogP contribution in [0.4, 0.5) is 0 Å². The minimum Gasteiger partial charge on any atom is -0.208 e. The lowest BCUT2D eigenvalue weighted by Gasteiger charge is -2.13. The van der Waals surface area contributed by atoms with Gasteiger partial charge in [-0.15, -0.1) is 11.3 Å². The summed E-state index contributed by atoms with van der Waals surface area (Å²) < 4.78 is 27.8. The van der Waals surface area contributed by atoms with Gasteiger partial charge in [-0.2, -0.15) is 0 Å². The van der Waals surface area contributed by atoms with E-state index in [0.717, 1.165) is 4.88 Å². The molecule has 1 heterocycles. The summed E-state index contributed by atoms with van der Waals surface area (Å²) in [6.45, 7) is 1.85. The van der Waals surface area contributed by atoms with E-state index in [0.29, 0.717) is 15.9 Å². The van der Waals surface area contributed by atoms with Crippen molar-refractivity contribution in [2.75, 3.05) is 0 Å². The Hall–Kier alpha value is -0.400. The van der Waals surface area contributed by atoms with Gasteiger partial charge in [0, 0.05) is 15.4 Å². The van der Waals surface area contributed by atoms with Gasteiger partial charge in [-0.25, -0.2) is 13.1 Å². The maximum Gasteiger partial charge on any atom is 0.240 e. The van der Waals surface area contributed by atoms with Gasteiger partial charge in [0.1, 0.15) is 0 Å². The van der Waals surface area contributed by atoms with Crippen molar-refractivity contribution in [2.45, 2.75) is 24.3 Å². The number of rotatable bonds is 5. The van der Waals surface area contributed by atoms with Crippen molar-refractivity contribution in [3.8, 4) is 0 Å². The van der Waals surface area contributed by atoms with Crippen molar-refractivity contribution in [3.63, 3.8) is 0 Å². The first kappa shape index (κ1) is 16.0. The molecule has 108 valence electrons. The molecule has 0 amide bonds. The summed E-state index contributed by atoms with van der Waals surface area (Å²) in [5, 5.41) is 2.46. The zero-order chi connectivity index (χ0) is 14.8. The number of thiophene rings is 1. The van der Waals surface area contributed by atoms with Gasteiger partial charge in [0.15, 0.2) is 0 Å². The van der Waals surface area contributed by atoms with Crippen LogP contribution < -0.4 is 4.72 Å². The van der Waals surface area contributed by atoms with Gasteiger partial charge in [-0.05, 0) is 58.9 Å². The van der Waals surface area contributed by atoms with Gasteiger partial charge in [0.25, 0.3) is 0 Å². The SMILES string of the molecule is CC(Cc1cccs1)NS(=O)(=O)c1ccc(Cl)c(Br)c1. The quantitative estimate of drug-likeness (QED) is 0.831. The average molecular weight is 395 g/mol. The Bertz CT molecular complexity index is 686. The number of benzene rings is 1. The zero-order valence-electron chi connectivity index (χ0n) is 10.6. The Morgan fingerprint density at radius 3 is 2.75 bits per heavy atom. The van der Waals surface area contributed by atoms with Crippen LogP contribution in [0.3, 0.4) is 0 Å². The molecule has 2 aromatic rings. The number of halogens is 2. The molecule has 3 nitrogen and oxygen atoms in total. The van der Waals surface area contributed by atoms with Gasteiger partial charge in [-0.3, -0.25) is 0 Å². The molecule has 7 heteroatoms. The molecule has 0 fully saturated rings. The maximum absolute atomic E-state index is 12.3. The zero-order valence-corrected chi connectivity index (χ0v) is 14.6. The van der Waals surface area contributed by atoms with Crippen LogP contribution in [0.5, 0.6) is 0 Å². The summed E-state index contributed by atoms with van der Waals surface area (Å²) in [7, 11) is -3.54.